The minimum atomic E-state index is 0.0303. The van der Waals surface area contributed by atoms with Gasteiger partial charge in [-0.1, -0.05) is 30.3 Å². The normalized spacial score (nSPS) is 29.6. The zero-order valence-electron chi connectivity index (χ0n) is 8.43. The SMILES string of the molecule is O=C1CC[C@H]2OC[C@@H](c3ccccc3)N12. The maximum absolute atomic E-state index is 11.7. The summed E-state index contributed by atoms with van der Waals surface area (Å²) >= 11 is 0. The monoisotopic (exact) mass is 203 g/mol. The van der Waals surface area contributed by atoms with Crippen LogP contribution in [0.25, 0.3) is 0 Å². The van der Waals surface area contributed by atoms with Crippen LogP contribution in [0.5, 0.6) is 0 Å². The molecule has 0 aliphatic carbocycles. The van der Waals surface area contributed by atoms with Gasteiger partial charge in [0.15, 0.2) is 0 Å². The first-order chi connectivity index (χ1) is 7.36. The Hall–Kier alpha value is -1.35. The Kier molecular flexibility index (Phi) is 1.99. The summed E-state index contributed by atoms with van der Waals surface area (Å²) in [5, 5.41) is 0. The van der Waals surface area contributed by atoms with Crippen LogP contribution in [-0.4, -0.2) is 23.6 Å². The van der Waals surface area contributed by atoms with E-state index in [1.165, 1.54) is 5.56 Å². The maximum atomic E-state index is 11.7. The third kappa shape index (κ3) is 1.35. The fraction of sp³-hybridized carbons (Fsp3) is 0.417. The van der Waals surface area contributed by atoms with Crippen LogP contribution in [-0.2, 0) is 9.53 Å². The predicted octanol–water partition coefficient (Wildman–Crippen LogP) is 1.71. The van der Waals surface area contributed by atoms with Crippen molar-refractivity contribution in [2.24, 2.45) is 0 Å². The third-order valence-electron chi connectivity index (χ3n) is 3.17. The molecule has 0 N–H and O–H groups in total. The van der Waals surface area contributed by atoms with Crippen molar-refractivity contribution >= 4 is 5.91 Å². The highest BCUT2D eigenvalue weighted by molar-refractivity contribution is 5.79. The largest absolute Gasteiger partial charge is 0.356 e. The molecule has 3 heteroatoms. The van der Waals surface area contributed by atoms with Gasteiger partial charge in [0, 0.05) is 12.8 Å². The molecule has 1 aromatic rings. The second kappa shape index (κ2) is 3.35. The van der Waals surface area contributed by atoms with Gasteiger partial charge < -0.3 is 9.64 Å². The van der Waals surface area contributed by atoms with Crippen molar-refractivity contribution in [1.82, 2.24) is 4.90 Å². The van der Waals surface area contributed by atoms with Gasteiger partial charge in [0.1, 0.15) is 6.23 Å². The summed E-state index contributed by atoms with van der Waals surface area (Å²) < 4.78 is 5.62. The number of amides is 1. The van der Waals surface area contributed by atoms with Crippen molar-refractivity contribution in [3.63, 3.8) is 0 Å². The zero-order valence-corrected chi connectivity index (χ0v) is 8.43. The van der Waals surface area contributed by atoms with E-state index in [1.54, 1.807) is 0 Å². The van der Waals surface area contributed by atoms with Gasteiger partial charge in [-0.2, -0.15) is 0 Å². The van der Waals surface area contributed by atoms with Gasteiger partial charge in [-0.25, -0.2) is 0 Å². The van der Waals surface area contributed by atoms with Crippen molar-refractivity contribution in [2.75, 3.05) is 6.61 Å². The van der Waals surface area contributed by atoms with Crippen molar-refractivity contribution < 1.29 is 9.53 Å². The highest BCUT2D eigenvalue weighted by Crippen LogP contribution is 2.36. The first-order valence-electron chi connectivity index (χ1n) is 5.34. The van der Waals surface area contributed by atoms with E-state index in [-0.39, 0.29) is 18.2 Å². The van der Waals surface area contributed by atoms with Gasteiger partial charge >= 0.3 is 0 Å². The summed E-state index contributed by atoms with van der Waals surface area (Å²) in [4.78, 5) is 13.6. The second-order valence-electron chi connectivity index (χ2n) is 4.05. The quantitative estimate of drug-likeness (QED) is 0.695. The molecule has 0 bridgehead atoms. The van der Waals surface area contributed by atoms with Crippen molar-refractivity contribution in [3.05, 3.63) is 35.9 Å². The van der Waals surface area contributed by atoms with Crippen LogP contribution in [0.2, 0.25) is 0 Å². The molecule has 2 atom stereocenters. The van der Waals surface area contributed by atoms with E-state index in [0.717, 1.165) is 6.42 Å². The molecule has 2 fully saturated rings. The van der Waals surface area contributed by atoms with Crippen LogP contribution in [0, 0.1) is 0 Å². The Bertz CT molecular complexity index is 376. The van der Waals surface area contributed by atoms with Crippen LogP contribution in [0.4, 0.5) is 0 Å². The lowest BCUT2D eigenvalue weighted by atomic mass is 10.1. The molecule has 2 heterocycles. The Balaban J connectivity index is 1.92. The van der Waals surface area contributed by atoms with Gasteiger partial charge in [-0.15, -0.1) is 0 Å². The minimum absolute atomic E-state index is 0.0303. The van der Waals surface area contributed by atoms with E-state index in [9.17, 15) is 4.79 Å². The van der Waals surface area contributed by atoms with Gasteiger partial charge in [-0.3, -0.25) is 4.79 Å². The summed E-state index contributed by atoms with van der Waals surface area (Å²) in [5.74, 6) is 0.228. The number of benzene rings is 1. The van der Waals surface area contributed by atoms with Crippen LogP contribution in [0.3, 0.4) is 0 Å². The van der Waals surface area contributed by atoms with E-state index in [2.05, 4.69) is 12.1 Å². The first kappa shape index (κ1) is 8.92. The number of hydrogen-bond acceptors (Lipinski definition) is 2. The standard InChI is InChI=1S/C12H13NO2/c14-11-6-7-12-13(11)10(8-15-12)9-4-2-1-3-5-9/h1-5,10,12H,6-8H2/t10-,12+/m0/s1. The molecule has 3 rings (SSSR count). The van der Waals surface area contributed by atoms with Crippen LogP contribution >= 0.6 is 0 Å². The van der Waals surface area contributed by atoms with Crippen LogP contribution in [0.1, 0.15) is 24.4 Å². The number of carbonyl (C=O) groups excluding carboxylic acids is 1. The predicted molar refractivity (Wildman–Crippen MR) is 55.0 cm³/mol. The summed E-state index contributed by atoms with van der Waals surface area (Å²) in [5.41, 5.74) is 1.18. The summed E-state index contributed by atoms with van der Waals surface area (Å²) in [6.07, 6.45) is 1.51. The molecule has 1 aromatic carbocycles. The lowest BCUT2D eigenvalue weighted by Gasteiger charge is -2.21. The molecule has 2 aliphatic heterocycles. The fourth-order valence-electron chi connectivity index (χ4n) is 2.43. The molecular weight excluding hydrogens is 190 g/mol. The lowest BCUT2D eigenvalue weighted by molar-refractivity contribution is -0.131. The maximum Gasteiger partial charge on any atom is 0.225 e. The van der Waals surface area contributed by atoms with E-state index < -0.39 is 0 Å². The molecule has 0 aromatic heterocycles. The van der Waals surface area contributed by atoms with E-state index in [1.807, 2.05) is 23.1 Å². The molecule has 1 amide bonds. The van der Waals surface area contributed by atoms with Crippen LogP contribution in [0.15, 0.2) is 30.3 Å². The van der Waals surface area contributed by atoms with E-state index >= 15 is 0 Å². The molecule has 78 valence electrons. The van der Waals surface area contributed by atoms with Gasteiger partial charge in [0.05, 0.1) is 12.6 Å². The number of rotatable bonds is 1. The first-order valence-corrected chi connectivity index (χ1v) is 5.34. The fourth-order valence-corrected chi connectivity index (χ4v) is 2.43. The van der Waals surface area contributed by atoms with Crippen LogP contribution < -0.4 is 0 Å². The Morgan fingerprint density at radius 1 is 1.27 bits per heavy atom. The molecule has 0 radical (unpaired) electrons. The number of fused-ring (bicyclic) bond motifs is 1. The number of ether oxygens (including phenoxy) is 1. The number of carbonyl (C=O) groups is 1. The Morgan fingerprint density at radius 2 is 2.07 bits per heavy atom. The highest BCUT2D eigenvalue weighted by atomic mass is 16.5. The number of hydrogen-bond donors (Lipinski definition) is 0. The molecular formula is C12H13NO2. The number of nitrogens with zero attached hydrogens (tertiary/aromatic N) is 1. The van der Waals surface area contributed by atoms with Crippen molar-refractivity contribution in [2.45, 2.75) is 25.1 Å². The molecule has 2 saturated heterocycles. The van der Waals surface area contributed by atoms with Crippen molar-refractivity contribution in [3.8, 4) is 0 Å². The van der Waals surface area contributed by atoms with E-state index in [0.29, 0.717) is 13.0 Å². The average Bonchev–Trinajstić information content (AvgIpc) is 2.84. The average molecular weight is 203 g/mol. The minimum Gasteiger partial charge on any atom is -0.356 e. The van der Waals surface area contributed by atoms with Gasteiger partial charge in [0.2, 0.25) is 5.91 Å². The molecule has 15 heavy (non-hydrogen) atoms. The van der Waals surface area contributed by atoms with Gasteiger partial charge in [-0.05, 0) is 5.56 Å². The highest BCUT2D eigenvalue weighted by Gasteiger charge is 2.42. The summed E-state index contributed by atoms with van der Waals surface area (Å²) in [6.45, 7) is 0.639. The molecule has 3 nitrogen and oxygen atoms in total. The zero-order chi connectivity index (χ0) is 10.3. The summed E-state index contributed by atoms with van der Waals surface area (Å²) in [7, 11) is 0. The molecule has 2 aliphatic rings. The second-order valence-corrected chi connectivity index (χ2v) is 4.05. The topological polar surface area (TPSA) is 29.5 Å². The molecule has 0 saturated carbocycles. The Labute approximate surface area is 88.6 Å². The summed E-state index contributed by atoms with van der Waals surface area (Å²) in [6, 6.07) is 10.2. The lowest BCUT2D eigenvalue weighted by Crippen LogP contribution is -2.30. The smallest absolute Gasteiger partial charge is 0.225 e. The van der Waals surface area contributed by atoms with Crippen molar-refractivity contribution in [1.29, 1.82) is 0 Å². The Morgan fingerprint density at radius 3 is 2.87 bits per heavy atom. The molecule has 0 spiro atoms. The molecule has 0 unspecified atom stereocenters. The van der Waals surface area contributed by atoms with Gasteiger partial charge in [0.25, 0.3) is 0 Å². The third-order valence-corrected chi connectivity index (χ3v) is 3.17. The van der Waals surface area contributed by atoms with E-state index in [4.69, 9.17) is 4.74 Å².